The van der Waals surface area contributed by atoms with Crippen molar-refractivity contribution < 1.29 is 29.7 Å². The molecule has 0 bridgehead atoms. The van der Waals surface area contributed by atoms with Crippen LogP contribution in [0.5, 0.6) is 0 Å². The van der Waals surface area contributed by atoms with Gasteiger partial charge in [0, 0.05) is 31.7 Å². The van der Waals surface area contributed by atoms with Crippen molar-refractivity contribution in [3.05, 3.63) is 71.3 Å². The molecule has 0 radical (unpaired) electrons. The number of carbonyl (C=O) groups is 3. The van der Waals surface area contributed by atoms with Crippen LogP contribution in [0.25, 0.3) is 0 Å². The summed E-state index contributed by atoms with van der Waals surface area (Å²) >= 11 is 0. The van der Waals surface area contributed by atoms with Gasteiger partial charge in [-0.25, -0.2) is 9.59 Å². The molecule has 0 aliphatic carbocycles. The van der Waals surface area contributed by atoms with E-state index in [1.165, 1.54) is 5.56 Å². The minimum atomic E-state index is -1.82. The Kier molecular flexibility index (Phi) is 10.5. The van der Waals surface area contributed by atoms with Crippen LogP contribution in [-0.4, -0.2) is 64.2 Å². The Hall–Kier alpha value is -3.23. The number of aryl methyl sites for hydroxylation is 1. The summed E-state index contributed by atoms with van der Waals surface area (Å²) < 4.78 is 0. The van der Waals surface area contributed by atoms with Crippen molar-refractivity contribution in [2.45, 2.75) is 38.3 Å². The molecule has 32 heavy (non-hydrogen) atoms. The van der Waals surface area contributed by atoms with Gasteiger partial charge in [0.2, 0.25) is 0 Å². The molecule has 0 heterocycles. The highest BCUT2D eigenvalue weighted by Gasteiger charge is 2.19. The van der Waals surface area contributed by atoms with Crippen molar-refractivity contribution in [1.82, 2.24) is 10.2 Å². The molecule has 1 atom stereocenters. The Bertz CT molecular complexity index is 867. The SMILES string of the molecule is CN(C)C(=O)c1ccc(CCC(C)(C)NCC(O)c2ccccc2)cc1.O=C(O)C(=O)O. The van der Waals surface area contributed by atoms with E-state index < -0.39 is 18.0 Å². The first-order valence-corrected chi connectivity index (χ1v) is 10.2. The number of nitrogens with zero attached hydrogens (tertiary/aromatic N) is 1. The van der Waals surface area contributed by atoms with Gasteiger partial charge in [0.25, 0.3) is 5.91 Å². The average Bonchev–Trinajstić information content (AvgIpc) is 2.77. The maximum Gasteiger partial charge on any atom is 0.414 e. The van der Waals surface area contributed by atoms with Gasteiger partial charge < -0.3 is 25.5 Å². The lowest BCUT2D eigenvalue weighted by atomic mass is 9.94. The maximum absolute atomic E-state index is 11.9. The second kappa shape index (κ2) is 12.6. The summed E-state index contributed by atoms with van der Waals surface area (Å²) in [5.41, 5.74) is 2.76. The zero-order valence-electron chi connectivity index (χ0n) is 18.9. The topological polar surface area (TPSA) is 127 Å². The lowest BCUT2D eigenvalue weighted by Gasteiger charge is -2.28. The Morgan fingerprint density at radius 1 is 0.938 bits per heavy atom. The van der Waals surface area contributed by atoms with E-state index in [0.29, 0.717) is 12.1 Å². The van der Waals surface area contributed by atoms with Crippen molar-refractivity contribution in [2.75, 3.05) is 20.6 Å². The molecule has 1 unspecified atom stereocenters. The number of benzene rings is 2. The molecule has 2 aromatic carbocycles. The quantitative estimate of drug-likeness (QED) is 0.461. The number of β-amino-alcohol motifs (C(OH)–C–C–N with tert-alkyl or cyclic N) is 1. The largest absolute Gasteiger partial charge is 0.473 e. The molecular weight excluding hydrogens is 412 g/mol. The number of aliphatic hydroxyl groups excluding tert-OH is 1. The minimum Gasteiger partial charge on any atom is -0.473 e. The first-order valence-electron chi connectivity index (χ1n) is 10.2. The average molecular weight is 445 g/mol. The van der Waals surface area contributed by atoms with Crippen molar-refractivity contribution in [3.8, 4) is 0 Å². The lowest BCUT2D eigenvalue weighted by molar-refractivity contribution is -0.159. The summed E-state index contributed by atoms with van der Waals surface area (Å²) in [4.78, 5) is 31.7. The number of carboxylic acid groups (broad SMARTS) is 2. The molecule has 8 nitrogen and oxygen atoms in total. The van der Waals surface area contributed by atoms with Gasteiger partial charge in [0.1, 0.15) is 0 Å². The Labute approximate surface area is 188 Å². The third kappa shape index (κ3) is 9.72. The van der Waals surface area contributed by atoms with Crippen LogP contribution in [0.4, 0.5) is 0 Å². The number of aliphatic hydroxyl groups is 1. The first kappa shape index (κ1) is 26.8. The van der Waals surface area contributed by atoms with Crippen LogP contribution in [-0.2, 0) is 16.0 Å². The highest BCUT2D eigenvalue weighted by molar-refractivity contribution is 6.27. The molecule has 0 saturated heterocycles. The number of rotatable bonds is 8. The molecule has 4 N–H and O–H groups in total. The van der Waals surface area contributed by atoms with E-state index >= 15 is 0 Å². The van der Waals surface area contributed by atoms with Crippen LogP contribution in [0.2, 0.25) is 0 Å². The summed E-state index contributed by atoms with van der Waals surface area (Å²) in [7, 11) is 3.52. The fourth-order valence-electron chi connectivity index (χ4n) is 2.78. The summed E-state index contributed by atoms with van der Waals surface area (Å²) in [6, 6.07) is 17.5. The highest BCUT2D eigenvalue weighted by atomic mass is 16.4. The third-order valence-corrected chi connectivity index (χ3v) is 4.79. The standard InChI is InChI=1S/C22H30N2O2.C2H2O4/c1-22(2,23-16-20(25)18-8-6-5-7-9-18)15-14-17-10-12-19(13-11-17)21(26)24(3)4;3-1(4)2(5)6/h5-13,20,23,25H,14-16H2,1-4H3;(H,3,4)(H,5,6). The second-order valence-corrected chi connectivity index (χ2v) is 8.20. The van der Waals surface area contributed by atoms with Crippen LogP contribution in [0, 0.1) is 0 Å². The second-order valence-electron chi connectivity index (χ2n) is 8.20. The van der Waals surface area contributed by atoms with Crippen LogP contribution < -0.4 is 5.32 Å². The molecule has 0 spiro atoms. The number of hydrogen-bond donors (Lipinski definition) is 4. The number of amides is 1. The van der Waals surface area contributed by atoms with Gasteiger partial charge in [-0.1, -0.05) is 42.5 Å². The summed E-state index contributed by atoms with van der Waals surface area (Å²) in [5.74, 6) is -3.63. The molecule has 0 aromatic heterocycles. The van der Waals surface area contributed by atoms with E-state index in [0.717, 1.165) is 18.4 Å². The number of nitrogens with one attached hydrogen (secondary N) is 1. The fourth-order valence-corrected chi connectivity index (χ4v) is 2.78. The molecule has 0 fully saturated rings. The van der Waals surface area contributed by atoms with E-state index in [-0.39, 0.29) is 11.4 Å². The van der Waals surface area contributed by atoms with Crippen molar-refractivity contribution >= 4 is 17.8 Å². The van der Waals surface area contributed by atoms with Gasteiger partial charge >= 0.3 is 11.9 Å². The number of carbonyl (C=O) groups excluding carboxylic acids is 1. The van der Waals surface area contributed by atoms with Gasteiger partial charge in [0.15, 0.2) is 0 Å². The van der Waals surface area contributed by atoms with Gasteiger partial charge in [-0.15, -0.1) is 0 Å². The van der Waals surface area contributed by atoms with Crippen LogP contribution >= 0.6 is 0 Å². The smallest absolute Gasteiger partial charge is 0.414 e. The monoisotopic (exact) mass is 444 g/mol. The molecule has 8 heteroatoms. The number of carboxylic acids is 2. The van der Waals surface area contributed by atoms with Gasteiger partial charge in [-0.2, -0.15) is 0 Å². The molecule has 2 aromatic rings. The van der Waals surface area contributed by atoms with Crippen molar-refractivity contribution in [2.24, 2.45) is 0 Å². The molecule has 0 aliphatic heterocycles. The predicted molar refractivity (Wildman–Crippen MR) is 122 cm³/mol. The Morgan fingerprint density at radius 2 is 1.47 bits per heavy atom. The first-order chi connectivity index (χ1) is 14.9. The Balaban J connectivity index is 0.000000751. The molecule has 0 saturated carbocycles. The molecule has 174 valence electrons. The van der Waals surface area contributed by atoms with E-state index in [9.17, 15) is 9.90 Å². The van der Waals surface area contributed by atoms with Gasteiger partial charge in [-0.05, 0) is 49.9 Å². The van der Waals surface area contributed by atoms with Crippen LogP contribution in [0.3, 0.4) is 0 Å². The molecule has 1 amide bonds. The van der Waals surface area contributed by atoms with Crippen molar-refractivity contribution in [3.63, 3.8) is 0 Å². The van der Waals surface area contributed by atoms with E-state index in [2.05, 4.69) is 19.2 Å². The Morgan fingerprint density at radius 3 is 1.94 bits per heavy atom. The lowest BCUT2D eigenvalue weighted by Crippen LogP contribution is -2.41. The zero-order valence-corrected chi connectivity index (χ0v) is 18.9. The molecule has 0 aliphatic rings. The summed E-state index contributed by atoms with van der Waals surface area (Å²) in [5, 5.41) is 28.5. The van der Waals surface area contributed by atoms with Crippen molar-refractivity contribution in [1.29, 1.82) is 0 Å². The fraction of sp³-hybridized carbons (Fsp3) is 0.375. The third-order valence-electron chi connectivity index (χ3n) is 4.79. The van der Waals surface area contributed by atoms with Crippen LogP contribution in [0.1, 0.15) is 47.9 Å². The molecule has 2 rings (SSSR count). The van der Waals surface area contributed by atoms with E-state index in [1.54, 1.807) is 19.0 Å². The number of aliphatic carboxylic acids is 2. The van der Waals surface area contributed by atoms with Gasteiger partial charge in [-0.3, -0.25) is 4.79 Å². The highest BCUT2D eigenvalue weighted by Crippen LogP contribution is 2.17. The van der Waals surface area contributed by atoms with Gasteiger partial charge in [0.05, 0.1) is 6.10 Å². The minimum absolute atomic E-state index is 0.0217. The predicted octanol–water partition coefficient (Wildman–Crippen LogP) is 2.58. The summed E-state index contributed by atoms with van der Waals surface area (Å²) in [6.45, 7) is 4.82. The van der Waals surface area contributed by atoms with E-state index in [4.69, 9.17) is 19.8 Å². The zero-order chi connectivity index (χ0) is 24.3. The van der Waals surface area contributed by atoms with E-state index in [1.807, 2.05) is 54.6 Å². The normalized spacial score (nSPS) is 11.7. The van der Waals surface area contributed by atoms with Crippen LogP contribution in [0.15, 0.2) is 54.6 Å². The molecular formula is C24H32N2O6. The summed E-state index contributed by atoms with van der Waals surface area (Å²) in [6.07, 6.45) is 1.35. The maximum atomic E-state index is 11.9. The number of hydrogen-bond acceptors (Lipinski definition) is 5.